The smallest absolute Gasteiger partial charge is 0.229 e. The summed E-state index contributed by atoms with van der Waals surface area (Å²) in [6, 6.07) is 14.1. The summed E-state index contributed by atoms with van der Waals surface area (Å²) in [5, 5.41) is 0.772. The predicted octanol–water partition coefficient (Wildman–Crippen LogP) is 5.31. The highest BCUT2D eigenvalue weighted by molar-refractivity contribution is 7.99. The molecule has 1 fully saturated rings. The molecule has 1 unspecified atom stereocenters. The average molecular weight is 443 g/mol. The minimum Gasteiger partial charge on any atom is -0.497 e. The molecule has 2 aromatic carbocycles. The molecular formula is C23H26N2O3S2. The van der Waals surface area contributed by atoms with Crippen molar-refractivity contribution < 1.29 is 14.3 Å². The van der Waals surface area contributed by atoms with Crippen molar-refractivity contribution in [1.29, 1.82) is 0 Å². The Morgan fingerprint density at radius 1 is 1.30 bits per heavy atom. The fourth-order valence-electron chi connectivity index (χ4n) is 3.53. The first-order valence-electron chi connectivity index (χ1n) is 10.2. The molecule has 2 heterocycles. The first-order valence-corrected chi connectivity index (χ1v) is 12.0. The van der Waals surface area contributed by atoms with Crippen molar-refractivity contribution in [3.05, 3.63) is 48.0 Å². The number of aryl methyl sites for hydroxylation is 1. The van der Waals surface area contributed by atoms with E-state index in [0.717, 1.165) is 56.8 Å². The van der Waals surface area contributed by atoms with Crippen molar-refractivity contribution in [3.8, 4) is 5.75 Å². The quantitative estimate of drug-likeness (QED) is 0.443. The number of para-hydroxylation sites is 1. The molecule has 1 aliphatic heterocycles. The standard InChI is InChI=1S/C23H26N2O3S2/c1-16-5-3-7-20-22(16)24-23(30-20)25(15-18-6-4-13-28-18)21(26)12-14-29-19-10-8-17(27-2)9-11-19/h3,5,7-11,18H,4,6,12-15H2,1-2H3. The highest BCUT2D eigenvalue weighted by atomic mass is 32.2. The molecule has 0 aliphatic carbocycles. The Labute approximate surface area is 185 Å². The lowest BCUT2D eigenvalue weighted by Gasteiger charge is -2.23. The second-order valence-corrected chi connectivity index (χ2v) is 9.51. The first kappa shape index (κ1) is 21.2. The van der Waals surface area contributed by atoms with Gasteiger partial charge < -0.3 is 9.47 Å². The topological polar surface area (TPSA) is 51.7 Å². The van der Waals surface area contributed by atoms with Gasteiger partial charge >= 0.3 is 0 Å². The molecule has 30 heavy (non-hydrogen) atoms. The molecule has 0 bridgehead atoms. The van der Waals surface area contributed by atoms with Crippen LogP contribution >= 0.6 is 23.1 Å². The summed E-state index contributed by atoms with van der Waals surface area (Å²) < 4.78 is 12.1. The first-order chi connectivity index (χ1) is 14.6. The van der Waals surface area contributed by atoms with E-state index in [4.69, 9.17) is 14.5 Å². The van der Waals surface area contributed by atoms with Gasteiger partial charge in [-0.25, -0.2) is 4.98 Å². The van der Waals surface area contributed by atoms with Gasteiger partial charge in [-0.1, -0.05) is 23.5 Å². The van der Waals surface area contributed by atoms with Crippen LogP contribution in [0, 0.1) is 6.92 Å². The number of hydrogen-bond acceptors (Lipinski definition) is 6. The summed E-state index contributed by atoms with van der Waals surface area (Å²) in [6.45, 7) is 3.41. The number of thiazole rings is 1. The SMILES string of the molecule is COc1ccc(SCCC(=O)N(CC2CCCO2)c2nc3c(C)cccc3s2)cc1. The highest BCUT2D eigenvalue weighted by Gasteiger charge is 2.26. The molecule has 0 radical (unpaired) electrons. The molecule has 158 valence electrons. The van der Waals surface area contributed by atoms with Crippen LogP contribution in [-0.4, -0.2) is 43.0 Å². The van der Waals surface area contributed by atoms with Gasteiger partial charge in [0.25, 0.3) is 0 Å². The molecule has 7 heteroatoms. The fraction of sp³-hybridized carbons (Fsp3) is 0.391. The van der Waals surface area contributed by atoms with Crippen LogP contribution < -0.4 is 9.64 Å². The number of nitrogens with zero attached hydrogens (tertiary/aromatic N) is 2. The largest absolute Gasteiger partial charge is 0.497 e. The van der Waals surface area contributed by atoms with Gasteiger partial charge in [0, 0.05) is 23.7 Å². The third-order valence-corrected chi connectivity index (χ3v) is 7.25. The second-order valence-electron chi connectivity index (χ2n) is 7.33. The maximum absolute atomic E-state index is 13.2. The molecule has 1 amide bonds. The molecule has 1 aliphatic rings. The van der Waals surface area contributed by atoms with Crippen LogP contribution in [0.1, 0.15) is 24.8 Å². The van der Waals surface area contributed by atoms with Gasteiger partial charge in [-0.3, -0.25) is 9.69 Å². The van der Waals surface area contributed by atoms with E-state index in [2.05, 4.69) is 19.1 Å². The number of amides is 1. The number of fused-ring (bicyclic) bond motifs is 1. The van der Waals surface area contributed by atoms with E-state index >= 15 is 0 Å². The van der Waals surface area contributed by atoms with Crippen LogP contribution in [0.3, 0.4) is 0 Å². The van der Waals surface area contributed by atoms with Gasteiger partial charge in [-0.15, -0.1) is 11.8 Å². The Kier molecular flexibility index (Phi) is 6.92. The van der Waals surface area contributed by atoms with Gasteiger partial charge in [0.1, 0.15) is 5.75 Å². The molecular weight excluding hydrogens is 416 g/mol. The highest BCUT2D eigenvalue weighted by Crippen LogP contribution is 2.32. The predicted molar refractivity (Wildman–Crippen MR) is 124 cm³/mol. The summed E-state index contributed by atoms with van der Waals surface area (Å²) in [5.74, 6) is 1.66. The Balaban J connectivity index is 1.46. The van der Waals surface area contributed by atoms with Crippen LogP contribution in [-0.2, 0) is 9.53 Å². The van der Waals surface area contributed by atoms with Gasteiger partial charge in [0.15, 0.2) is 5.13 Å². The van der Waals surface area contributed by atoms with Crippen LogP contribution in [0.25, 0.3) is 10.2 Å². The van der Waals surface area contributed by atoms with E-state index < -0.39 is 0 Å². The van der Waals surface area contributed by atoms with Crippen molar-refractivity contribution in [2.45, 2.75) is 37.2 Å². The summed E-state index contributed by atoms with van der Waals surface area (Å²) in [5.41, 5.74) is 2.12. The van der Waals surface area contributed by atoms with Gasteiger partial charge in [-0.2, -0.15) is 0 Å². The average Bonchev–Trinajstić information content (AvgIpc) is 3.43. The molecule has 1 saturated heterocycles. The number of hydrogen-bond donors (Lipinski definition) is 0. The summed E-state index contributed by atoms with van der Waals surface area (Å²) >= 11 is 3.26. The Morgan fingerprint density at radius 3 is 2.83 bits per heavy atom. The van der Waals surface area contributed by atoms with Crippen molar-refractivity contribution in [3.63, 3.8) is 0 Å². The monoisotopic (exact) mass is 442 g/mol. The molecule has 0 saturated carbocycles. The zero-order valence-electron chi connectivity index (χ0n) is 17.3. The number of benzene rings is 2. The summed E-state index contributed by atoms with van der Waals surface area (Å²) in [7, 11) is 1.66. The number of thioether (sulfide) groups is 1. The van der Waals surface area contributed by atoms with Crippen molar-refractivity contribution in [1.82, 2.24) is 4.98 Å². The van der Waals surface area contributed by atoms with E-state index in [1.54, 1.807) is 30.2 Å². The van der Waals surface area contributed by atoms with E-state index in [1.807, 2.05) is 35.2 Å². The lowest BCUT2D eigenvalue weighted by atomic mass is 10.2. The van der Waals surface area contributed by atoms with Gasteiger partial charge in [-0.05, 0) is 55.7 Å². The maximum Gasteiger partial charge on any atom is 0.229 e. The third-order valence-electron chi connectivity index (χ3n) is 5.20. The van der Waals surface area contributed by atoms with E-state index in [9.17, 15) is 4.79 Å². The number of methoxy groups -OCH3 is 1. The van der Waals surface area contributed by atoms with Crippen LogP contribution in [0.2, 0.25) is 0 Å². The third kappa shape index (κ3) is 4.96. The van der Waals surface area contributed by atoms with Crippen LogP contribution in [0.5, 0.6) is 5.75 Å². The molecule has 0 spiro atoms. The molecule has 5 nitrogen and oxygen atoms in total. The molecule has 1 atom stereocenters. The van der Waals surface area contributed by atoms with Crippen molar-refractivity contribution >= 4 is 44.4 Å². The Morgan fingerprint density at radius 2 is 2.13 bits per heavy atom. The number of anilines is 1. The summed E-state index contributed by atoms with van der Waals surface area (Å²) in [6.07, 6.45) is 2.60. The van der Waals surface area contributed by atoms with E-state index in [1.165, 1.54) is 0 Å². The maximum atomic E-state index is 13.2. The molecule has 4 rings (SSSR count). The van der Waals surface area contributed by atoms with Crippen LogP contribution in [0.15, 0.2) is 47.4 Å². The minimum atomic E-state index is 0.0938. The minimum absolute atomic E-state index is 0.0938. The van der Waals surface area contributed by atoms with Crippen molar-refractivity contribution in [2.24, 2.45) is 0 Å². The fourth-order valence-corrected chi connectivity index (χ4v) is 5.44. The molecule has 1 aromatic heterocycles. The number of aromatic nitrogens is 1. The Hall–Kier alpha value is -2.09. The molecule has 0 N–H and O–H groups in total. The molecule has 3 aromatic rings. The van der Waals surface area contributed by atoms with Crippen LogP contribution in [0.4, 0.5) is 5.13 Å². The number of rotatable bonds is 8. The normalized spacial score (nSPS) is 16.1. The van der Waals surface area contributed by atoms with Gasteiger partial charge in [0.05, 0.1) is 30.0 Å². The number of ether oxygens (including phenoxy) is 2. The Bertz CT molecular complexity index is 997. The number of carbonyl (C=O) groups excluding carboxylic acids is 1. The van der Waals surface area contributed by atoms with Crippen molar-refractivity contribution in [2.75, 3.05) is 30.9 Å². The number of carbonyl (C=O) groups is 1. The lowest BCUT2D eigenvalue weighted by molar-refractivity contribution is -0.118. The van der Waals surface area contributed by atoms with E-state index in [-0.39, 0.29) is 12.0 Å². The van der Waals surface area contributed by atoms with E-state index in [0.29, 0.717) is 13.0 Å². The zero-order chi connectivity index (χ0) is 20.9. The van der Waals surface area contributed by atoms with Gasteiger partial charge in [0.2, 0.25) is 5.91 Å². The second kappa shape index (κ2) is 9.81. The lowest BCUT2D eigenvalue weighted by Crippen LogP contribution is -2.37. The zero-order valence-corrected chi connectivity index (χ0v) is 18.9. The summed E-state index contributed by atoms with van der Waals surface area (Å²) in [4.78, 5) is 21.0.